The van der Waals surface area contributed by atoms with Crippen LogP contribution in [0.3, 0.4) is 0 Å². The maximum atomic E-state index is 12.5. The second kappa shape index (κ2) is 5.36. The molecule has 2 rings (SSSR count). The van der Waals surface area contributed by atoms with Crippen LogP contribution in [0.25, 0.3) is 0 Å². The number of rotatable bonds is 3. The molecule has 0 aliphatic carbocycles. The number of hydrogen-bond acceptors (Lipinski definition) is 3. The molecule has 0 saturated heterocycles. The molecule has 3 N–H and O–H groups in total. The molecule has 0 unspecified atom stereocenters. The van der Waals surface area contributed by atoms with Crippen LogP contribution in [0.2, 0.25) is 0 Å². The molecule has 0 aliphatic heterocycles. The Kier molecular flexibility index (Phi) is 3.91. The minimum Gasteiger partial charge on any atom is -0.389 e. The summed E-state index contributed by atoms with van der Waals surface area (Å²) < 4.78 is 39.1. The van der Waals surface area contributed by atoms with Crippen molar-refractivity contribution in [3.05, 3.63) is 41.1 Å². The number of hydrogen-bond donors (Lipinski definition) is 2. The predicted octanol–water partition coefficient (Wildman–Crippen LogP) is 3.13. The van der Waals surface area contributed by atoms with Gasteiger partial charge in [0.1, 0.15) is 10.8 Å². The van der Waals surface area contributed by atoms with E-state index in [1.807, 2.05) is 0 Å². The number of nitrogens with one attached hydrogen (secondary N) is 1. The Labute approximate surface area is 124 Å². The second-order valence-electron chi connectivity index (χ2n) is 4.50. The molecule has 2 aromatic rings. The summed E-state index contributed by atoms with van der Waals surface area (Å²) in [6.07, 6.45) is -4.36. The van der Waals surface area contributed by atoms with E-state index in [2.05, 4.69) is 10.4 Å². The number of anilines is 2. The Morgan fingerprint density at radius 2 is 1.86 bits per heavy atom. The number of thiocarbonyl (C=S) groups is 1. The monoisotopic (exact) mass is 314 g/mol. The molecule has 0 aliphatic rings. The fraction of sp³-hybridized carbons (Fsp3) is 0.231. The van der Waals surface area contributed by atoms with Crippen molar-refractivity contribution in [2.75, 3.05) is 5.32 Å². The highest BCUT2D eigenvalue weighted by atomic mass is 32.1. The zero-order valence-electron chi connectivity index (χ0n) is 11.3. The molecule has 21 heavy (non-hydrogen) atoms. The van der Waals surface area contributed by atoms with E-state index < -0.39 is 11.7 Å². The van der Waals surface area contributed by atoms with Crippen molar-refractivity contribution >= 4 is 28.7 Å². The summed E-state index contributed by atoms with van der Waals surface area (Å²) in [5.74, 6) is 0.541. The lowest BCUT2D eigenvalue weighted by Crippen LogP contribution is -2.13. The van der Waals surface area contributed by atoms with Gasteiger partial charge in [-0.15, -0.1) is 0 Å². The van der Waals surface area contributed by atoms with Gasteiger partial charge < -0.3 is 11.1 Å². The zero-order valence-corrected chi connectivity index (χ0v) is 12.1. The minimum absolute atomic E-state index is 0.176. The van der Waals surface area contributed by atoms with Crippen LogP contribution < -0.4 is 11.1 Å². The maximum absolute atomic E-state index is 12.5. The van der Waals surface area contributed by atoms with Crippen molar-refractivity contribution in [3.63, 3.8) is 0 Å². The van der Waals surface area contributed by atoms with Gasteiger partial charge in [-0.25, -0.2) is 0 Å². The van der Waals surface area contributed by atoms with E-state index in [1.54, 1.807) is 18.7 Å². The van der Waals surface area contributed by atoms with Crippen LogP contribution in [0.1, 0.15) is 16.8 Å². The second-order valence-corrected chi connectivity index (χ2v) is 4.94. The minimum atomic E-state index is -4.36. The molecule has 0 radical (unpaired) electrons. The van der Waals surface area contributed by atoms with Gasteiger partial charge in [0.2, 0.25) is 0 Å². The Balaban J connectivity index is 2.33. The average molecular weight is 314 g/mol. The van der Waals surface area contributed by atoms with Gasteiger partial charge in [0.25, 0.3) is 0 Å². The lowest BCUT2D eigenvalue weighted by Gasteiger charge is -2.11. The summed E-state index contributed by atoms with van der Waals surface area (Å²) in [4.78, 5) is 0.176. The molecule has 0 fully saturated rings. The molecule has 0 bridgehead atoms. The SMILES string of the molecule is Cc1nn(C)c(Nc2ccc(C(F)(F)F)cc2)c1C(N)=S. The predicted molar refractivity (Wildman–Crippen MR) is 78.6 cm³/mol. The molecule has 0 atom stereocenters. The third kappa shape index (κ3) is 3.15. The van der Waals surface area contributed by atoms with Crippen LogP contribution in [0, 0.1) is 6.92 Å². The van der Waals surface area contributed by atoms with Gasteiger partial charge in [-0.1, -0.05) is 12.2 Å². The van der Waals surface area contributed by atoms with Gasteiger partial charge in [-0.05, 0) is 31.2 Å². The summed E-state index contributed by atoms with van der Waals surface area (Å²) in [5, 5.41) is 7.18. The van der Waals surface area contributed by atoms with Crippen molar-refractivity contribution in [1.29, 1.82) is 0 Å². The number of alkyl halides is 3. The third-order valence-corrected chi connectivity index (χ3v) is 3.15. The summed E-state index contributed by atoms with van der Waals surface area (Å²) in [6.45, 7) is 1.76. The summed E-state index contributed by atoms with van der Waals surface area (Å²) in [5.41, 5.74) is 6.67. The van der Waals surface area contributed by atoms with Crippen LogP contribution in [-0.2, 0) is 13.2 Å². The van der Waals surface area contributed by atoms with Gasteiger partial charge in [0.15, 0.2) is 0 Å². The summed E-state index contributed by atoms with van der Waals surface area (Å²) in [6, 6.07) is 4.70. The summed E-state index contributed by atoms with van der Waals surface area (Å²) in [7, 11) is 1.70. The van der Waals surface area contributed by atoms with E-state index in [9.17, 15) is 13.2 Å². The standard InChI is InChI=1S/C13H13F3N4S/c1-7-10(11(17)21)12(20(2)19-7)18-9-5-3-8(4-6-9)13(14,15)16/h3-6,18H,1-2H3,(H2,17,21). The van der Waals surface area contributed by atoms with Gasteiger partial charge in [-0.2, -0.15) is 18.3 Å². The average Bonchev–Trinajstić information content (AvgIpc) is 2.63. The van der Waals surface area contributed by atoms with Gasteiger partial charge in [0, 0.05) is 12.7 Å². The number of nitrogens with two attached hydrogens (primary N) is 1. The van der Waals surface area contributed by atoms with Crippen LogP contribution in [0.15, 0.2) is 24.3 Å². The Morgan fingerprint density at radius 1 is 1.29 bits per heavy atom. The summed E-state index contributed by atoms with van der Waals surface area (Å²) >= 11 is 4.97. The van der Waals surface area contributed by atoms with Gasteiger partial charge in [0.05, 0.1) is 16.8 Å². The first-order chi connectivity index (χ1) is 9.70. The van der Waals surface area contributed by atoms with Crippen molar-refractivity contribution < 1.29 is 13.2 Å². The van der Waals surface area contributed by atoms with E-state index in [0.717, 1.165) is 12.1 Å². The van der Waals surface area contributed by atoms with Crippen molar-refractivity contribution in [2.24, 2.45) is 12.8 Å². The molecule has 0 saturated carbocycles. The number of aryl methyl sites for hydroxylation is 2. The first-order valence-corrected chi connectivity index (χ1v) is 6.38. The molecule has 0 spiro atoms. The smallest absolute Gasteiger partial charge is 0.389 e. The number of benzene rings is 1. The molecule has 8 heteroatoms. The lowest BCUT2D eigenvalue weighted by molar-refractivity contribution is -0.137. The van der Waals surface area contributed by atoms with Crippen molar-refractivity contribution in [1.82, 2.24) is 9.78 Å². The van der Waals surface area contributed by atoms with Crippen LogP contribution in [-0.4, -0.2) is 14.8 Å². The fourth-order valence-electron chi connectivity index (χ4n) is 1.98. The van der Waals surface area contributed by atoms with Crippen molar-refractivity contribution in [2.45, 2.75) is 13.1 Å². The highest BCUT2D eigenvalue weighted by Crippen LogP contribution is 2.31. The maximum Gasteiger partial charge on any atom is 0.416 e. The van der Waals surface area contributed by atoms with E-state index in [0.29, 0.717) is 22.8 Å². The molecule has 0 amide bonds. The van der Waals surface area contributed by atoms with Crippen LogP contribution >= 0.6 is 12.2 Å². The first kappa shape index (κ1) is 15.3. The largest absolute Gasteiger partial charge is 0.416 e. The molecular weight excluding hydrogens is 301 g/mol. The number of nitrogens with zero attached hydrogens (tertiary/aromatic N) is 2. The molecule has 112 valence electrons. The fourth-order valence-corrected chi connectivity index (χ4v) is 2.22. The topological polar surface area (TPSA) is 55.9 Å². The van der Waals surface area contributed by atoms with Crippen LogP contribution in [0.4, 0.5) is 24.7 Å². The molecule has 4 nitrogen and oxygen atoms in total. The normalized spacial score (nSPS) is 11.5. The number of aromatic nitrogens is 2. The van der Waals surface area contributed by atoms with E-state index in [4.69, 9.17) is 18.0 Å². The van der Waals surface area contributed by atoms with E-state index >= 15 is 0 Å². The molecular formula is C13H13F3N4S. The van der Waals surface area contributed by atoms with E-state index in [1.165, 1.54) is 12.1 Å². The molecule has 1 aromatic heterocycles. The van der Waals surface area contributed by atoms with Crippen LogP contribution in [0.5, 0.6) is 0 Å². The first-order valence-electron chi connectivity index (χ1n) is 5.98. The Bertz CT molecular complexity index is 674. The Morgan fingerprint density at radius 3 is 2.33 bits per heavy atom. The molecule has 1 aromatic carbocycles. The van der Waals surface area contributed by atoms with Crippen molar-refractivity contribution in [3.8, 4) is 0 Å². The highest BCUT2D eigenvalue weighted by Gasteiger charge is 2.30. The zero-order chi connectivity index (χ0) is 15.8. The number of halogens is 3. The highest BCUT2D eigenvalue weighted by molar-refractivity contribution is 7.80. The molecule has 1 heterocycles. The lowest BCUT2D eigenvalue weighted by atomic mass is 10.2. The Hall–Kier alpha value is -2.09. The van der Waals surface area contributed by atoms with Gasteiger partial charge in [-0.3, -0.25) is 4.68 Å². The van der Waals surface area contributed by atoms with E-state index in [-0.39, 0.29) is 4.99 Å². The van der Waals surface area contributed by atoms with Gasteiger partial charge >= 0.3 is 6.18 Å². The third-order valence-electron chi connectivity index (χ3n) is 2.94. The quantitative estimate of drug-likeness (QED) is 0.855.